The van der Waals surface area contributed by atoms with Crippen LogP contribution in [-0.4, -0.2) is 66.9 Å². The first-order chi connectivity index (χ1) is 16.1. The van der Waals surface area contributed by atoms with Gasteiger partial charge >= 0.3 is 0 Å². The molecule has 1 fully saturated rings. The second-order valence-corrected chi connectivity index (χ2v) is 11.6. The van der Waals surface area contributed by atoms with Gasteiger partial charge in [0.1, 0.15) is 24.4 Å². The number of hydrogen-bond acceptors (Lipinski definition) is 7. The van der Waals surface area contributed by atoms with Gasteiger partial charge in [0.25, 0.3) is 3.79 Å². The van der Waals surface area contributed by atoms with Gasteiger partial charge in [0.15, 0.2) is 0 Å². The van der Waals surface area contributed by atoms with Gasteiger partial charge in [0, 0.05) is 6.42 Å². The third kappa shape index (κ3) is 11.0. The summed E-state index contributed by atoms with van der Waals surface area (Å²) in [7, 11) is 0. The van der Waals surface area contributed by atoms with E-state index >= 15 is 0 Å². The standard InChI is InChI=1S/C24H44Cl3NO6/c1-2-3-4-5-6-7-8-9-10-11-12-13-14-15-16-23(34-22(28)24(25,26)27)21(32)20(31)19(30)18(17-29)33-23/h18-21,28-32H,2-17H2,1H3/t18-,19-,20+,21-,23+/m1/s1. The molecule has 0 aromatic heterocycles. The van der Waals surface area contributed by atoms with Crippen LogP contribution in [-0.2, 0) is 9.47 Å². The van der Waals surface area contributed by atoms with Gasteiger partial charge in [-0.05, 0) is 6.42 Å². The van der Waals surface area contributed by atoms with Crippen LogP contribution in [0.15, 0.2) is 0 Å². The maximum Gasteiger partial charge on any atom is 0.265 e. The molecular formula is C24H44Cl3NO6. The molecule has 0 bridgehead atoms. The van der Waals surface area contributed by atoms with E-state index < -0.39 is 46.5 Å². The SMILES string of the molecule is CCCCCCCCCCCCCCCC[C@@]1(OC(=N)C(Cl)(Cl)Cl)O[C@H](CO)[C@@H](O)[C@H](O)[C@H]1O. The molecule has 0 aliphatic carbocycles. The highest BCUT2D eigenvalue weighted by atomic mass is 35.6. The lowest BCUT2D eigenvalue weighted by molar-refractivity contribution is -0.345. The van der Waals surface area contributed by atoms with E-state index in [4.69, 9.17) is 49.7 Å². The Hall–Kier alpha value is 0.140. The summed E-state index contributed by atoms with van der Waals surface area (Å²) in [5.41, 5.74) is 0. The molecule has 1 saturated heterocycles. The number of alkyl halides is 3. The van der Waals surface area contributed by atoms with Crippen LogP contribution in [0.2, 0.25) is 0 Å². The van der Waals surface area contributed by atoms with Gasteiger partial charge in [-0.1, -0.05) is 125 Å². The predicted molar refractivity (Wildman–Crippen MR) is 137 cm³/mol. The van der Waals surface area contributed by atoms with E-state index in [1.165, 1.54) is 64.2 Å². The molecule has 5 N–H and O–H groups in total. The van der Waals surface area contributed by atoms with Crippen LogP contribution in [0.3, 0.4) is 0 Å². The average molecular weight is 549 g/mol. The van der Waals surface area contributed by atoms with Gasteiger partial charge in [-0.2, -0.15) is 0 Å². The molecule has 0 aromatic rings. The number of unbranched alkanes of at least 4 members (excludes halogenated alkanes) is 13. The number of aliphatic hydroxyl groups is 4. The lowest BCUT2D eigenvalue weighted by atomic mass is 9.89. The molecule has 0 saturated carbocycles. The zero-order valence-corrected chi connectivity index (χ0v) is 22.6. The van der Waals surface area contributed by atoms with Crippen LogP contribution < -0.4 is 0 Å². The fourth-order valence-electron chi connectivity index (χ4n) is 4.35. The minimum absolute atomic E-state index is 0.0929. The van der Waals surface area contributed by atoms with Crippen LogP contribution in [0.5, 0.6) is 0 Å². The third-order valence-corrected chi connectivity index (χ3v) is 6.96. The van der Waals surface area contributed by atoms with Crippen LogP contribution >= 0.6 is 34.8 Å². The smallest absolute Gasteiger partial charge is 0.265 e. The maximum absolute atomic E-state index is 10.6. The fraction of sp³-hybridized carbons (Fsp3) is 0.958. The number of hydrogen-bond donors (Lipinski definition) is 5. The van der Waals surface area contributed by atoms with E-state index in [1.807, 2.05) is 0 Å². The second-order valence-electron chi connectivity index (χ2n) is 9.35. The summed E-state index contributed by atoms with van der Waals surface area (Å²) in [6.07, 6.45) is 10.5. The first kappa shape index (κ1) is 32.2. The molecule has 0 aromatic carbocycles. The molecule has 34 heavy (non-hydrogen) atoms. The van der Waals surface area contributed by atoms with E-state index in [0.29, 0.717) is 6.42 Å². The Kier molecular flexibility index (Phi) is 15.9. The van der Waals surface area contributed by atoms with Crippen molar-refractivity contribution in [1.29, 1.82) is 5.41 Å². The van der Waals surface area contributed by atoms with E-state index in [1.54, 1.807) is 0 Å². The number of ether oxygens (including phenoxy) is 2. The highest BCUT2D eigenvalue weighted by Crippen LogP contribution is 2.39. The van der Waals surface area contributed by atoms with Gasteiger partial charge in [-0.3, -0.25) is 5.41 Å². The van der Waals surface area contributed by atoms with Crippen molar-refractivity contribution in [2.75, 3.05) is 6.61 Å². The van der Waals surface area contributed by atoms with Gasteiger partial charge in [0.2, 0.25) is 11.7 Å². The van der Waals surface area contributed by atoms with Crippen molar-refractivity contribution in [3.63, 3.8) is 0 Å². The molecule has 0 amide bonds. The molecule has 202 valence electrons. The lowest BCUT2D eigenvalue weighted by Crippen LogP contribution is -2.66. The minimum Gasteiger partial charge on any atom is -0.442 e. The molecule has 10 heteroatoms. The van der Waals surface area contributed by atoms with Crippen LogP contribution in [0.25, 0.3) is 0 Å². The number of nitrogens with one attached hydrogen (secondary N) is 1. The predicted octanol–water partition coefficient (Wildman–Crippen LogP) is 5.39. The van der Waals surface area contributed by atoms with E-state index in [2.05, 4.69) is 6.92 Å². The van der Waals surface area contributed by atoms with Crippen molar-refractivity contribution >= 4 is 40.7 Å². The summed E-state index contributed by atoms with van der Waals surface area (Å²) in [5.74, 6) is -2.69. The van der Waals surface area contributed by atoms with Crippen molar-refractivity contribution in [3.8, 4) is 0 Å². The Morgan fingerprint density at radius 1 is 0.824 bits per heavy atom. The van der Waals surface area contributed by atoms with Crippen molar-refractivity contribution in [2.24, 2.45) is 0 Å². The summed E-state index contributed by atoms with van der Waals surface area (Å²) in [5, 5.41) is 48.4. The van der Waals surface area contributed by atoms with Gasteiger partial charge in [-0.15, -0.1) is 0 Å². The van der Waals surface area contributed by atoms with Crippen molar-refractivity contribution < 1.29 is 29.9 Å². The normalized spacial score (nSPS) is 27.6. The molecule has 5 atom stereocenters. The van der Waals surface area contributed by atoms with Gasteiger partial charge < -0.3 is 29.9 Å². The Morgan fingerprint density at radius 3 is 1.68 bits per heavy atom. The molecule has 7 nitrogen and oxygen atoms in total. The quantitative estimate of drug-likeness (QED) is 0.0718. The molecular weight excluding hydrogens is 505 g/mol. The molecule has 0 spiro atoms. The fourth-order valence-corrected chi connectivity index (χ4v) is 4.46. The highest BCUT2D eigenvalue weighted by molar-refractivity contribution is 6.76. The molecule has 0 unspecified atom stereocenters. The largest absolute Gasteiger partial charge is 0.442 e. The van der Waals surface area contributed by atoms with Crippen molar-refractivity contribution in [1.82, 2.24) is 0 Å². The van der Waals surface area contributed by atoms with Crippen LogP contribution in [0, 0.1) is 5.41 Å². The maximum atomic E-state index is 10.6. The number of rotatable bonds is 17. The summed E-state index contributed by atoms with van der Waals surface area (Å²) in [6, 6.07) is 0. The Labute approximate surface area is 219 Å². The molecule has 1 rings (SSSR count). The summed E-state index contributed by atoms with van der Waals surface area (Å²) < 4.78 is 8.91. The number of aliphatic hydroxyl groups excluding tert-OH is 4. The van der Waals surface area contributed by atoms with E-state index in [9.17, 15) is 20.4 Å². The summed E-state index contributed by atoms with van der Waals surface area (Å²) >= 11 is 17.2. The molecule has 1 heterocycles. The minimum atomic E-state index is -2.19. The first-order valence-corrected chi connectivity index (χ1v) is 13.9. The Morgan fingerprint density at radius 2 is 1.26 bits per heavy atom. The Bertz CT molecular complexity index is 563. The Balaban J connectivity index is 2.41. The molecule has 1 aliphatic rings. The molecule has 1 aliphatic heterocycles. The van der Waals surface area contributed by atoms with Crippen LogP contribution in [0.4, 0.5) is 0 Å². The van der Waals surface area contributed by atoms with E-state index in [-0.39, 0.29) is 6.42 Å². The lowest BCUT2D eigenvalue weighted by Gasteiger charge is -2.48. The van der Waals surface area contributed by atoms with Crippen molar-refractivity contribution in [2.45, 2.75) is 137 Å². The van der Waals surface area contributed by atoms with Crippen LogP contribution in [0.1, 0.15) is 103 Å². The van der Waals surface area contributed by atoms with Crippen molar-refractivity contribution in [3.05, 3.63) is 0 Å². The van der Waals surface area contributed by atoms with E-state index in [0.717, 1.165) is 19.3 Å². The highest BCUT2D eigenvalue weighted by Gasteiger charge is 2.56. The average Bonchev–Trinajstić information content (AvgIpc) is 2.79. The second kappa shape index (κ2) is 16.8. The van der Waals surface area contributed by atoms with Gasteiger partial charge in [-0.25, -0.2) is 0 Å². The summed E-state index contributed by atoms with van der Waals surface area (Å²) in [4.78, 5) is 0. The summed E-state index contributed by atoms with van der Waals surface area (Å²) in [6.45, 7) is 1.62. The number of halogens is 3. The first-order valence-electron chi connectivity index (χ1n) is 12.8. The molecule has 0 radical (unpaired) electrons. The zero-order chi connectivity index (χ0) is 25.6. The monoisotopic (exact) mass is 547 g/mol. The zero-order valence-electron chi connectivity index (χ0n) is 20.4. The topological polar surface area (TPSA) is 123 Å². The third-order valence-electron chi connectivity index (χ3n) is 6.45. The van der Waals surface area contributed by atoms with Gasteiger partial charge in [0.05, 0.1) is 6.61 Å².